The van der Waals surface area contributed by atoms with Crippen LogP contribution in [0.2, 0.25) is 0 Å². The molecule has 20 heavy (non-hydrogen) atoms. The molecule has 3 rings (SSSR count). The lowest BCUT2D eigenvalue weighted by atomic mass is 10.2. The Hall–Kier alpha value is -2.28. The lowest BCUT2D eigenvalue weighted by molar-refractivity contribution is -0.131. The van der Waals surface area contributed by atoms with E-state index in [1.165, 1.54) is 11.8 Å². The molecule has 1 unspecified atom stereocenters. The number of aromatic nitrogens is 2. The van der Waals surface area contributed by atoms with Crippen molar-refractivity contribution in [1.82, 2.24) is 19.8 Å². The number of thiocarbonyl (C=S) groups is 1. The molecular weight excluding hydrogens is 276 g/mol. The zero-order chi connectivity index (χ0) is 14.3. The first-order chi connectivity index (χ1) is 9.58. The van der Waals surface area contributed by atoms with Crippen molar-refractivity contribution in [3.05, 3.63) is 30.6 Å². The first-order valence-corrected chi connectivity index (χ1v) is 6.53. The van der Waals surface area contributed by atoms with E-state index < -0.39 is 6.04 Å². The Morgan fingerprint density at radius 3 is 2.95 bits per heavy atom. The molecule has 2 aromatic rings. The number of carbonyl (C=O) groups excluding carboxylic acids is 2. The van der Waals surface area contributed by atoms with Crippen molar-refractivity contribution in [2.75, 3.05) is 0 Å². The van der Waals surface area contributed by atoms with Crippen LogP contribution in [0.5, 0.6) is 0 Å². The fraction of sp³-hybridized carbons (Fsp3) is 0.231. The van der Waals surface area contributed by atoms with Crippen LogP contribution >= 0.6 is 12.2 Å². The highest BCUT2D eigenvalue weighted by atomic mass is 32.1. The van der Waals surface area contributed by atoms with E-state index in [4.69, 9.17) is 12.2 Å². The van der Waals surface area contributed by atoms with Gasteiger partial charge in [-0.3, -0.25) is 14.5 Å². The average molecular weight is 288 g/mol. The summed E-state index contributed by atoms with van der Waals surface area (Å²) in [5.74, 6) is -0.509. The molecule has 7 heteroatoms. The normalized spacial score (nSPS) is 18.6. The van der Waals surface area contributed by atoms with Gasteiger partial charge in [0.05, 0.1) is 23.9 Å². The number of benzene rings is 1. The number of rotatable bonds is 2. The van der Waals surface area contributed by atoms with Gasteiger partial charge in [-0.15, -0.1) is 0 Å². The zero-order valence-corrected chi connectivity index (χ0v) is 11.6. The molecule has 1 atom stereocenters. The third-order valence-electron chi connectivity index (χ3n) is 3.30. The molecule has 0 radical (unpaired) electrons. The van der Waals surface area contributed by atoms with Crippen LogP contribution < -0.4 is 5.32 Å². The van der Waals surface area contributed by atoms with Gasteiger partial charge in [0.25, 0.3) is 5.91 Å². The number of fused-ring (bicyclic) bond motifs is 1. The maximum Gasteiger partial charge on any atom is 0.251 e. The van der Waals surface area contributed by atoms with E-state index in [1.807, 2.05) is 28.8 Å². The van der Waals surface area contributed by atoms with Crippen molar-refractivity contribution in [2.24, 2.45) is 0 Å². The topological polar surface area (TPSA) is 67.2 Å². The van der Waals surface area contributed by atoms with E-state index >= 15 is 0 Å². The predicted molar refractivity (Wildman–Crippen MR) is 76.8 cm³/mol. The molecule has 0 spiro atoms. The van der Waals surface area contributed by atoms with Crippen molar-refractivity contribution < 1.29 is 9.59 Å². The Bertz CT molecular complexity index is 724. The number of hydrogen-bond acceptors (Lipinski definition) is 4. The van der Waals surface area contributed by atoms with Gasteiger partial charge < -0.3 is 9.88 Å². The Morgan fingerprint density at radius 2 is 2.20 bits per heavy atom. The first kappa shape index (κ1) is 12.7. The average Bonchev–Trinajstić information content (AvgIpc) is 2.92. The van der Waals surface area contributed by atoms with Crippen LogP contribution in [0.25, 0.3) is 11.0 Å². The Balaban J connectivity index is 1.95. The lowest BCUT2D eigenvalue weighted by Crippen LogP contribution is -2.41. The third kappa shape index (κ3) is 1.96. The minimum atomic E-state index is -0.627. The summed E-state index contributed by atoms with van der Waals surface area (Å²) in [7, 11) is 0. The first-order valence-electron chi connectivity index (χ1n) is 6.12. The summed E-state index contributed by atoms with van der Waals surface area (Å²) >= 11 is 5.01. The number of hydrogen-bond donors (Lipinski definition) is 1. The van der Waals surface area contributed by atoms with Gasteiger partial charge >= 0.3 is 0 Å². The summed E-state index contributed by atoms with van der Waals surface area (Å²) in [6.07, 6.45) is 1.66. The number of imidazole rings is 1. The zero-order valence-electron chi connectivity index (χ0n) is 10.7. The van der Waals surface area contributed by atoms with E-state index in [9.17, 15) is 9.59 Å². The molecule has 0 bridgehead atoms. The minimum Gasteiger partial charge on any atom is -0.328 e. The van der Waals surface area contributed by atoms with E-state index in [0.29, 0.717) is 6.54 Å². The SMILES string of the molecule is CC(=O)N1C(=S)NC(=O)C1Cn1cnc2ccccc21. The molecule has 6 nitrogen and oxygen atoms in total. The van der Waals surface area contributed by atoms with E-state index in [-0.39, 0.29) is 16.9 Å². The fourth-order valence-corrected chi connectivity index (χ4v) is 2.73. The maximum absolute atomic E-state index is 11.9. The summed E-state index contributed by atoms with van der Waals surface area (Å²) in [4.78, 5) is 29.1. The van der Waals surface area contributed by atoms with Gasteiger partial charge in [-0.2, -0.15) is 0 Å². The van der Waals surface area contributed by atoms with Gasteiger partial charge in [0.1, 0.15) is 6.04 Å². The molecule has 1 aliphatic heterocycles. The quantitative estimate of drug-likeness (QED) is 0.825. The Labute approximate surface area is 120 Å². The molecule has 0 saturated carbocycles. The number of carbonyl (C=O) groups is 2. The van der Waals surface area contributed by atoms with Gasteiger partial charge in [0, 0.05) is 6.92 Å². The number of para-hydroxylation sites is 2. The standard InChI is InChI=1S/C13H12N4O2S/c1-8(18)17-11(12(19)15-13(17)20)6-16-7-14-9-4-2-3-5-10(9)16/h2-5,7,11H,6H2,1H3,(H,15,19,20). The largest absolute Gasteiger partial charge is 0.328 e. The second-order valence-electron chi connectivity index (χ2n) is 4.58. The maximum atomic E-state index is 11.9. The lowest BCUT2D eigenvalue weighted by Gasteiger charge is -2.20. The summed E-state index contributed by atoms with van der Waals surface area (Å²) in [5.41, 5.74) is 1.77. The van der Waals surface area contributed by atoms with Gasteiger partial charge in [-0.1, -0.05) is 12.1 Å². The van der Waals surface area contributed by atoms with Crippen LogP contribution in [0.1, 0.15) is 6.92 Å². The molecule has 1 saturated heterocycles. The molecule has 1 aromatic heterocycles. The fourth-order valence-electron chi connectivity index (χ4n) is 2.38. The van der Waals surface area contributed by atoms with E-state index in [2.05, 4.69) is 10.3 Å². The van der Waals surface area contributed by atoms with Crippen molar-refractivity contribution in [1.29, 1.82) is 0 Å². The highest BCUT2D eigenvalue weighted by Crippen LogP contribution is 2.16. The second kappa shape index (κ2) is 4.68. The Morgan fingerprint density at radius 1 is 1.45 bits per heavy atom. The summed E-state index contributed by atoms with van der Waals surface area (Å²) < 4.78 is 1.85. The molecule has 0 aliphatic carbocycles. The van der Waals surface area contributed by atoms with Crippen molar-refractivity contribution >= 4 is 40.2 Å². The van der Waals surface area contributed by atoms with Crippen LogP contribution in [0.15, 0.2) is 30.6 Å². The van der Waals surface area contributed by atoms with Gasteiger partial charge in [-0.25, -0.2) is 4.98 Å². The monoisotopic (exact) mass is 288 g/mol. The van der Waals surface area contributed by atoms with Crippen LogP contribution in [-0.2, 0) is 16.1 Å². The molecule has 1 aromatic carbocycles. The summed E-state index contributed by atoms with van der Waals surface area (Å²) in [6.45, 7) is 1.72. The van der Waals surface area contributed by atoms with Crippen LogP contribution in [0.3, 0.4) is 0 Å². The summed E-state index contributed by atoms with van der Waals surface area (Å²) in [6, 6.07) is 7.00. The number of nitrogens with zero attached hydrogens (tertiary/aromatic N) is 3. The second-order valence-corrected chi connectivity index (χ2v) is 4.97. The molecule has 1 fully saturated rings. The van der Waals surface area contributed by atoms with Gasteiger partial charge in [-0.05, 0) is 24.4 Å². The Kier molecular flexibility index (Phi) is 2.98. The molecule has 1 aliphatic rings. The molecule has 2 heterocycles. The van der Waals surface area contributed by atoms with E-state index in [1.54, 1.807) is 6.33 Å². The molecule has 102 valence electrons. The number of amides is 2. The highest BCUT2D eigenvalue weighted by molar-refractivity contribution is 7.80. The van der Waals surface area contributed by atoms with E-state index in [0.717, 1.165) is 11.0 Å². The molecule has 1 N–H and O–H groups in total. The van der Waals surface area contributed by atoms with Crippen LogP contribution in [-0.4, -0.2) is 37.4 Å². The van der Waals surface area contributed by atoms with Crippen LogP contribution in [0.4, 0.5) is 0 Å². The molecular formula is C13H12N4O2S. The predicted octanol–water partition coefficient (Wildman–Crippen LogP) is 0.668. The van der Waals surface area contributed by atoms with Gasteiger partial charge in [0.2, 0.25) is 5.91 Å². The van der Waals surface area contributed by atoms with Gasteiger partial charge in [0.15, 0.2) is 5.11 Å². The molecule has 2 amide bonds. The smallest absolute Gasteiger partial charge is 0.251 e. The van der Waals surface area contributed by atoms with Crippen molar-refractivity contribution in [3.63, 3.8) is 0 Å². The van der Waals surface area contributed by atoms with Crippen molar-refractivity contribution in [3.8, 4) is 0 Å². The third-order valence-corrected chi connectivity index (χ3v) is 3.60. The highest BCUT2D eigenvalue weighted by Gasteiger charge is 2.38. The number of nitrogens with one attached hydrogen (secondary N) is 1. The van der Waals surface area contributed by atoms with Crippen molar-refractivity contribution in [2.45, 2.75) is 19.5 Å². The summed E-state index contributed by atoms with van der Waals surface area (Å²) in [5, 5.41) is 2.69. The minimum absolute atomic E-state index is 0.164. The van der Waals surface area contributed by atoms with Crippen LogP contribution in [0, 0.1) is 0 Å².